The Kier molecular flexibility index (Phi) is 7.47. The van der Waals surface area contributed by atoms with Crippen molar-refractivity contribution in [1.29, 1.82) is 0 Å². The number of carbonyl (C=O) groups excluding carboxylic acids is 1. The van der Waals surface area contributed by atoms with E-state index < -0.39 is 10.0 Å². The molecule has 0 unspecified atom stereocenters. The highest BCUT2D eigenvalue weighted by molar-refractivity contribution is 7.99. The van der Waals surface area contributed by atoms with E-state index in [4.69, 9.17) is 11.6 Å². The summed E-state index contributed by atoms with van der Waals surface area (Å²) in [7, 11) is -1.79. The number of nitrogens with zero attached hydrogens (tertiary/aromatic N) is 4. The Balaban J connectivity index is 1.69. The number of hydrogen-bond acceptors (Lipinski definition) is 6. The zero-order chi connectivity index (χ0) is 23.5. The maximum Gasteiger partial charge on any atom is 0.234 e. The van der Waals surface area contributed by atoms with Gasteiger partial charge in [0.15, 0.2) is 11.0 Å². The predicted molar refractivity (Wildman–Crippen MR) is 129 cm³/mol. The molecular weight excluding hydrogens is 470 g/mol. The van der Waals surface area contributed by atoms with Gasteiger partial charge in [-0.25, -0.2) is 8.42 Å². The fourth-order valence-corrected chi connectivity index (χ4v) is 4.67. The monoisotopic (exact) mass is 493 g/mol. The second-order valence-corrected chi connectivity index (χ2v) is 10.6. The molecule has 0 aliphatic rings. The third-order valence-corrected chi connectivity index (χ3v) is 7.38. The molecule has 0 spiro atoms. The molecule has 0 bridgehead atoms. The molecule has 0 saturated heterocycles. The van der Waals surface area contributed by atoms with Crippen LogP contribution in [0.3, 0.4) is 0 Å². The first-order chi connectivity index (χ1) is 15.1. The third kappa shape index (κ3) is 5.81. The van der Waals surface area contributed by atoms with Crippen LogP contribution in [-0.2, 0) is 28.4 Å². The molecule has 2 aromatic carbocycles. The average Bonchev–Trinajstić information content (AvgIpc) is 3.07. The van der Waals surface area contributed by atoms with Gasteiger partial charge in [-0.2, -0.15) is 0 Å². The Hall–Kier alpha value is -2.56. The number of aromatic nitrogens is 3. The number of hydrogen-bond donors (Lipinski definition) is 1. The Morgan fingerprint density at radius 2 is 1.84 bits per heavy atom. The van der Waals surface area contributed by atoms with Crippen LogP contribution in [0, 0.1) is 13.8 Å². The molecular formula is C21H24ClN5O3S2. The lowest BCUT2D eigenvalue weighted by molar-refractivity contribution is -0.113. The van der Waals surface area contributed by atoms with Crippen molar-refractivity contribution < 1.29 is 13.2 Å². The molecule has 0 fully saturated rings. The van der Waals surface area contributed by atoms with Gasteiger partial charge in [-0.05, 0) is 43.7 Å². The number of rotatable bonds is 8. The van der Waals surface area contributed by atoms with E-state index in [0.29, 0.717) is 27.4 Å². The summed E-state index contributed by atoms with van der Waals surface area (Å²) in [5.41, 5.74) is 3.03. The van der Waals surface area contributed by atoms with Crippen molar-refractivity contribution in [3.8, 4) is 0 Å². The van der Waals surface area contributed by atoms with Gasteiger partial charge in [-0.15, -0.1) is 10.2 Å². The first-order valence-electron chi connectivity index (χ1n) is 9.66. The van der Waals surface area contributed by atoms with Crippen LogP contribution in [0.4, 0.5) is 11.4 Å². The summed E-state index contributed by atoms with van der Waals surface area (Å²) in [5, 5.41) is 12.2. The summed E-state index contributed by atoms with van der Waals surface area (Å²) in [4.78, 5) is 12.4. The van der Waals surface area contributed by atoms with E-state index in [1.807, 2.05) is 26.0 Å². The minimum atomic E-state index is -3.53. The molecule has 0 saturated carbocycles. The number of nitrogens with one attached hydrogen (secondary N) is 1. The number of benzene rings is 2. The van der Waals surface area contributed by atoms with E-state index in [1.54, 1.807) is 41.9 Å². The molecule has 0 atom stereocenters. The van der Waals surface area contributed by atoms with E-state index in [2.05, 4.69) is 15.5 Å². The van der Waals surface area contributed by atoms with Gasteiger partial charge in [0.25, 0.3) is 0 Å². The molecule has 1 heterocycles. The van der Waals surface area contributed by atoms with Crippen molar-refractivity contribution in [2.24, 2.45) is 7.05 Å². The molecule has 3 rings (SSSR count). The Labute approximate surface area is 197 Å². The smallest absolute Gasteiger partial charge is 0.234 e. The lowest BCUT2D eigenvalue weighted by Gasteiger charge is -2.22. The molecule has 1 N–H and O–H groups in total. The first kappa shape index (κ1) is 24.1. The summed E-state index contributed by atoms with van der Waals surface area (Å²) >= 11 is 7.31. The lowest BCUT2D eigenvalue weighted by atomic mass is 10.2. The Morgan fingerprint density at radius 3 is 2.50 bits per heavy atom. The van der Waals surface area contributed by atoms with E-state index in [1.165, 1.54) is 16.1 Å². The third-order valence-electron chi connectivity index (χ3n) is 4.81. The van der Waals surface area contributed by atoms with Crippen LogP contribution in [-0.4, -0.2) is 41.1 Å². The highest BCUT2D eigenvalue weighted by Crippen LogP contribution is 2.25. The maximum absolute atomic E-state index is 12.4. The molecule has 0 aliphatic carbocycles. The van der Waals surface area contributed by atoms with E-state index in [9.17, 15) is 13.2 Å². The summed E-state index contributed by atoms with van der Waals surface area (Å²) in [6.07, 6.45) is 1.15. The fraction of sp³-hybridized carbons (Fsp3) is 0.286. The molecule has 0 radical (unpaired) electrons. The zero-order valence-electron chi connectivity index (χ0n) is 18.2. The molecule has 0 aliphatic heterocycles. The van der Waals surface area contributed by atoms with Gasteiger partial charge >= 0.3 is 0 Å². The van der Waals surface area contributed by atoms with Crippen molar-refractivity contribution in [2.75, 3.05) is 21.6 Å². The lowest BCUT2D eigenvalue weighted by Crippen LogP contribution is -2.30. The van der Waals surface area contributed by atoms with Crippen molar-refractivity contribution in [3.63, 3.8) is 0 Å². The number of anilines is 2. The Morgan fingerprint density at radius 1 is 1.16 bits per heavy atom. The summed E-state index contributed by atoms with van der Waals surface area (Å²) in [6, 6.07) is 12.5. The summed E-state index contributed by atoms with van der Waals surface area (Å²) in [6.45, 7) is 3.80. The van der Waals surface area contributed by atoms with Crippen LogP contribution in [0.5, 0.6) is 0 Å². The number of sulfonamides is 1. The molecule has 8 nitrogen and oxygen atoms in total. The van der Waals surface area contributed by atoms with Crippen LogP contribution in [0.1, 0.15) is 17.0 Å². The minimum Gasteiger partial charge on any atom is -0.325 e. The van der Waals surface area contributed by atoms with Gasteiger partial charge in [0, 0.05) is 17.8 Å². The average molecular weight is 494 g/mol. The highest BCUT2D eigenvalue weighted by atomic mass is 35.5. The summed E-state index contributed by atoms with van der Waals surface area (Å²) in [5.74, 6) is 0.373. The van der Waals surface area contributed by atoms with Crippen molar-refractivity contribution in [1.82, 2.24) is 14.8 Å². The second-order valence-electron chi connectivity index (χ2n) is 7.31. The first-order valence-corrected chi connectivity index (χ1v) is 12.9. The maximum atomic E-state index is 12.4. The molecule has 11 heteroatoms. The topological polar surface area (TPSA) is 97.2 Å². The number of carbonyl (C=O) groups is 1. The van der Waals surface area contributed by atoms with Gasteiger partial charge in [-0.3, -0.25) is 9.10 Å². The number of aryl methyl sites for hydroxylation is 1. The molecule has 3 aromatic rings. The van der Waals surface area contributed by atoms with Gasteiger partial charge in [0.05, 0.1) is 24.2 Å². The second kappa shape index (κ2) is 9.93. The molecule has 170 valence electrons. The molecule has 1 aromatic heterocycles. The van der Waals surface area contributed by atoms with Crippen LogP contribution in [0.25, 0.3) is 0 Å². The standard InChI is InChI=1S/C21H24ClN5O3S2/c1-14-8-10-16(11-9-14)27(32(4,29)30)12-19-24-25-21(26(19)3)31-13-20(28)23-18-7-5-6-17(22)15(18)2/h5-11H,12-13H2,1-4H3,(H,23,28). The quantitative estimate of drug-likeness (QED) is 0.479. The van der Waals surface area contributed by atoms with Crippen molar-refractivity contribution in [2.45, 2.75) is 25.5 Å². The van der Waals surface area contributed by atoms with Gasteiger partial charge in [0.2, 0.25) is 15.9 Å². The van der Waals surface area contributed by atoms with Crippen LogP contribution in [0.2, 0.25) is 5.02 Å². The number of thioether (sulfide) groups is 1. The van der Waals surface area contributed by atoms with Crippen LogP contribution in [0.15, 0.2) is 47.6 Å². The van der Waals surface area contributed by atoms with E-state index >= 15 is 0 Å². The van der Waals surface area contributed by atoms with Crippen molar-refractivity contribution in [3.05, 3.63) is 64.4 Å². The normalized spacial score (nSPS) is 11.4. The van der Waals surface area contributed by atoms with Crippen LogP contribution >= 0.6 is 23.4 Å². The summed E-state index contributed by atoms with van der Waals surface area (Å²) < 4.78 is 27.7. The van der Waals surface area contributed by atoms with E-state index in [-0.39, 0.29) is 18.2 Å². The number of halogens is 1. The SMILES string of the molecule is Cc1ccc(N(Cc2nnc(SCC(=O)Nc3cccc(Cl)c3C)n2C)S(C)(=O)=O)cc1. The van der Waals surface area contributed by atoms with E-state index in [0.717, 1.165) is 17.4 Å². The number of amides is 1. The largest absolute Gasteiger partial charge is 0.325 e. The molecule has 32 heavy (non-hydrogen) atoms. The minimum absolute atomic E-state index is 0.0276. The van der Waals surface area contributed by atoms with Gasteiger partial charge in [0.1, 0.15) is 0 Å². The van der Waals surface area contributed by atoms with Gasteiger partial charge in [-0.1, -0.05) is 47.1 Å². The van der Waals surface area contributed by atoms with Gasteiger partial charge < -0.3 is 9.88 Å². The zero-order valence-corrected chi connectivity index (χ0v) is 20.6. The van der Waals surface area contributed by atoms with Crippen molar-refractivity contribution >= 4 is 50.7 Å². The molecule has 1 amide bonds. The highest BCUT2D eigenvalue weighted by Gasteiger charge is 2.21. The fourth-order valence-electron chi connectivity index (χ4n) is 2.91. The predicted octanol–water partition coefficient (Wildman–Crippen LogP) is 3.78. The van der Waals surface area contributed by atoms with Crippen LogP contribution < -0.4 is 9.62 Å². The Bertz CT molecular complexity index is 1230.